The van der Waals surface area contributed by atoms with Gasteiger partial charge in [-0.1, -0.05) is 80.6 Å². The highest BCUT2D eigenvalue weighted by molar-refractivity contribution is 7.10. The van der Waals surface area contributed by atoms with Crippen molar-refractivity contribution in [2.45, 2.75) is 90.9 Å². The molecule has 3 aromatic carbocycles. The zero-order valence-corrected chi connectivity index (χ0v) is 36.8. The highest BCUT2D eigenvalue weighted by atomic mass is 32.1. The van der Waals surface area contributed by atoms with Gasteiger partial charge in [0.05, 0.1) is 29.8 Å². The Hall–Kier alpha value is -5.24. The Bertz CT molecular complexity index is 2430. The topological polar surface area (TPSA) is 111 Å². The van der Waals surface area contributed by atoms with Crippen LogP contribution in [-0.2, 0) is 49.9 Å². The molecule has 0 radical (unpaired) electrons. The molecule has 1 amide bonds. The number of aromatic nitrogens is 3. The number of methoxy groups -OCH3 is 2. The van der Waals surface area contributed by atoms with E-state index in [1.165, 1.54) is 11.3 Å². The van der Waals surface area contributed by atoms with Gasteiger partial charge in [-0.3, -0.25) is 24.5 Å². The Morgan fingerprint density at radius 1 is 0.984 bits per heavy atom. The molecule has 2 aliphatic rings. The van der Waals surface area contributed by atoms with E-state index in [1.54, 1.807) is 19.2 Å². The third-order valence-corrected chi connectivity index (χ3v) is 12.9. The van der Waals surface area contributed by atoms with Crippen molar-refractivity contribution in [3.63, 3.8) is 0 Å². The van der Waals surface area contributed by atoms with Crippen LogP contribution in [0.15, 0.2) is 103 Å². The van der Waals surface area contributed by atoms with Crippen LogP contribution >= 0.6 is 11.3 Å². The maximum atomic E-state index is 15.2. The minimum atomic E-state index is -0.803. The number of carbonyl (C=O) groups excluding carboxylic acids is 2. The number of rotatable bonds is 10. The van der Waals surface area contributed by atoms with Crippen molar-refractivity contribution >= 4 is 34.1 Å². The Morgan fingerprint density at radius 3 is 2.38 bits per heavy atom. The van der Waals surface area contributed by atoms with Crippen molar-refractivity contribution in [3.05, 3.63) is 130 Å². The van der Waals surface area contributed by atoms with Gasteiger partial charge in [-0.15, -0.1) is 11.3 Å². The smallest absolute Gasteiger partial charge is 0.324 e. The third-order valence-electron chi connectivity index (χ3n) is 12.0. The van der Waals surface area contributed by atoms with Gasteiger partial charge in [0.25, 0.3) is 5.91 Å². The summed E-state index contributed by atoms with van der Waals surface area (Å²) >= 11 is 1.50. The SMILES string of the molecule is CCn1c(-c2cccnc2[C@H](C)OC)c2c3cc(ccc31)-c1csc(n1)[C@@H](OC)[C@H](N(Cc1ccccc1)Cc1ccccc1)C(=O)N1CCC[C@H](N1)C(=O)OCC(C)(C)C2. The molecule has 0 aliphatic carbocycles. The lowest BCUT2D eigenvalue weighted by Gasteiger charge is -2.40. The standard InChI is InChI=1S/C49H56N6O5S/c1-7-54-41-23-22-35-26-37(41)38(43(54)36-20-14-24-50-42(36)32(2)58-5)27-49(3,4)31-60-48(57)39-21-15-25-55(52-39)47(56)44(45(59-6)46-51-40(35)30-61-46)53(28-33-16-10-8-11-17-33)29-34-18-12-9-13-19-34/h8-14,16-20,22-24,26,30,32,39,44-45,52H,7,15,21,25,27-29,31H2,1-6H3/t32-,39-,44-,45-/m0/s1. The van der Waals surface area contributed by atoms with Gasteiger partial charge in [-0.05, 0) is 74.1 Å². The number of thiazole rings is 1. The zero-order valence-electron chi connectivity index (χ0n) is 36.0. The van der Waals surface area contributed by atoms with E-state index < -0.39 is 23.6 Å². The van der Waals surface area contributed by atoms with E-state index in [0.29, 0.717) is 43.9 Å². The summed E-state index contributed by atoms with van der Waals surface area (Å²) < 4.78 is 20.8. The number of amides is 1. The highest BCUT2D eigenvalue weighted by Gasteiger charge is 2.42. The second-order valence-electron chi connectivity index (χ2n) is 16.9. The largest absolute Gasteiger partial charge is 0.464 e. The zero-order chi connectivity index (χ0) is 42.7. The second kappa shape index (κ2) is 18.4. The molecule has 12 heteroatoms. The summed E-state index contributed by atoms with van der Waals surface area (Å²) in [5.41, 5.74) is 12.0. The Kier molecular flexibility index (Phi) is 12.8. The van der Waals surface area contributed by atoms with Gasteiger partial charge in [0.15, 0.2) is 0 Å². The first-order valence-electron chi connectivity index (χ1n) is 21.3. The van der Waals surface area contributed by atoms with Gasteiger partial charge < -0.3 is 18.8 Å². The molecular formula is C49H56N6O5S. The van der Waals surface area contributed by atoms with E-state index in [0.717, 1.165) is 62.3 Å². The molecule has 1 N–H and O–H groups in total. The lowest BCUT2D eigenvalue weighted by Crippen LogP contribution is -2.61. The van der Waals surface area contributed by atoms with Crippen LogP contribution in [0.25, 0.3) is 33.4 Å². The van der Waals surface area contributed by atoms with Crippen LogP contribution in [0, 0.1) is 5.41 Å². The molecule has 6 bridgehead atoms. The highest BCUT2D eigenvalue weighted by Crippen LogP contribution is 2.42. The summed E-state index contributed by atoms with van der Waals surface area (Å²) in [6, 6.07) is 29.5. The van der Waals surface area contributed by atoms with Gasteiger partial charge in [-0.2, -0.15) is 0 Å². The monoisotopic (exact) mass is 840 g/mol. The first-order valence-corrected chi connectivity index (χ1v) is 22.1. The van der Waals surface area contributed by atoms with E-state index in [9.17, 15) is 4.79 Å². The maximum absolute atomic E-state index is 15.2. The van der Waals surface area contributed by atoms with E-state index in [4.69, 9.17) is 24.2 Å². The fourth-order valence-corrected chi connectivity index (χ4v) is 9.84. The molecule has 11 nitrogen and oxygen atoms in total. The Balaban J connectivity index is 1.30. The predicted octanol–water partition coefficient (Wildman–Crippen LogP) is 8.93. The second-order valence-corrected chi connectivity index (χ2v) is 17.8. The number of esters is 1. The minimum Gasteiger partial charge on any atom is -0.464 e. The van der Waals surface area contributed by atoms with Crippen molar-refractivity contribution in [3.8, 4) is 22.5 Å². The van der Waals surface area contributed by atoms with E-state index in [1.807, 2.05) is 55.6 Å². The molecule has 5 heterocycles. The van der Waals surface area contributed by atoms with Gasteiger partial charge >= 0.3 is 5.97 Å². The number of benzene rings is 3. The number of cyclic esters (lactones) is 1. The molecule has 0 spiro atoms. The number of hydrogen-bond donors (Lipinski definition) is 1. The van der Waals surface area contributed by atoms with Crippen LogP contribution in [0.2, 0.25) is 0 Å². The number of aryl methyl sites for hydroxylation is 1. The summed E-state index contributed by atoms with van der Waals surface area (Å²) in [4.78, 5) is 41.6. The number of nitrogens with one attached hydrogen (secondary N) is 1. The Morgan fingerprint density at radius 2 is 1.70 bits per heavy atom. The maximum Gasteiger partial charge on any atom is 0.324 e. The van der Waals surface area contributed by atoms with Gasteiger partial charge in [0.1, 0.15) is 23.2 Å². The molecular weight excluding hydrogens is 785 g/mol. The number of pyridine rings is 1. The van der Waals surface area contributed by atoms with E-state index >= 15 is 4.79 Å². The van der Waals surface area contributed by atoms with Crippen molar-refractivity contribution < 1.29 is 23.8 Å². The molecule has 0 unspecified atom stereocenters. The summed E-state index contributed by atoms with van der Waals surface area (Å²) in [5, 5.41) is 5.48. The number of fused-ring (bicyclic) bond motifs is 6. The van der Waals surface area contributed by atoms with Crippen LogP contribution in [0.1, 0.15) is 80.1 Å². The molecule has 1 saturated heterocycles. The molecule has 3 aromatic heterocycles. The number of hydrogen-bond acceptors (Lipinski definition) is 10. The average molecular weight is 841 g/mol. The molecule has 4 atom stereocenters. The fraction of sp³-hybridized carbons (Fsp3) is 0.388. The lowest BCUT2D eigenvalue weighted by atomic mass is 9.84. The quantitative estimate of drug-likeness (QED) is 0.135. The van der Waals surface area contributed by atoms with Crippen molar-refractivity contribution in [1.82, 2.24) is 29.9 Å². The first-order chi connectivity index (χ1) is 29.6. The first kappa shape index (κ1) is 42.5. The summed E-state index contributed by atoms with van der Waals surface area (Å²) in [7, 11) is 3.36. The Labute approximate surface area is 362 Å². The number of carbonyl (C=O) groups is 2. The molecule has 6 aromatic rings. The van der Waals surface area contributed by atoms with Crippen molar-refractivity contribution in [1.29, 1.82) is 0 Å². The average Bonchev–Trinajstić information content (AvgIpc) is 3.89. The lowest BCUT2D eigenvalue weighted by molar-refractivity contribution is -0.158. The predicted molar refractivity (Wildman–Crippen MR) is 239 cm³/mol. The van der Waals surface area contributed by atoms with Crippen LogP contribution < -0.4 is 5.43 Å². The molecule has 8 rings (SSSR count). The van der Waals surface area contributed by atoms with E-state index in [-0.39, 0.29) is 24.6 Å². The molecule has 1 fully saturated rings. The minimum absolute atomic E-state index is 0.188. The number of ether oxygens (including phenoxy) is 3. The van der Waals surface area contributed by atoms with Crippen LogP contribution in [0.4, 0.5) is 0 Å². The van der Waals surface area contributed by atoms with Gasteiger partial charge in [-0.25, -0.2) is 10.4 Å². The van der Waals surface area contributed by atoms with E-state index in [2.05, 4.69) is 89.6 Å². The summed E-state index contributed by atoms with van der Waals surface area (Å²) in [6.45, 7) is 10.8. The van der Waals surface area contributed by atoms with Crippen LogP contribution in [0.3, 0.4) is 0 Å². The van der Waals surface area contributed by atoms with Crippen LogP contribution in [-0.4, -0.2) is 75.8 Å². The normalized spacial score (nSPS) is 20.1. The molecule has 61 heavy (non-hydrogen) atoms. The van der Waals surface area contributed by atoms with Crippen molar-refractivity contribution in [2.75, 3.05) is 27.4 Å². The number of hydrazine groups is 1. The van der Waals surface area contributed by atoms with Gasteiger partial charge in [0, 0.05) is 79.4 Å². The number of nitrogens with zero attached hydrogens (tertiary/aromatic N) is 5. The molecule has 318 valence electrons. The molecule has 0 saturated carbocycles. The summed E-state index contributed by atoms with van der Waals surface area (Å²) in [6.07, 6.45) is 2.66. The fourth-order valence-electron chi connectivity index (χ4n) is 8.90. The van der Waals surface area contributed by atoms with Gasteiger partial charge in [0.2, 0.25) is 0 Å². The molecule has 2 aliphatic heterocycles. The third kappa shape index (κ3) is 8.92. The van der Waals surface area contributed by atoms with Crippen molar-refractivity contribution in [2.24, 2.45) is 5.41 Å². The summed E-state index contributed by atoms with van der Waals surface area (Å²) in [5.74, 6) is -0.560. The van der Waals surface area contributed by atoms with Crippen LogP contribution in [0.5, 0.6) is 0 Å².